The highest BCUT2D eigenvalue weighted by Crippen LogP contribution is 2.31. The highest BCUT2D eigenvalue weighted by Gasteiger charge is 2.24. The smallest absolute Gasteiger partial charge is 0.0322 e. The molecule has 82 valence electrons. The van der Waals surface area contributed by atoms with Gasteiger partial charge in [-0.2, -0.15) is 0 Å². The largest absolute Gasteiger partial charge is 0.310 e. The molecule has 1 unspecified atom stereocenters. The van der Waals surface area contributed by atoms with Crippen LogP contribution < -0.4 is 5.32 Å². The Hall–Kier alpha value is -0.820. The van der Waals surface area contributed by atoms with Gasteiger partial charge in [-0.15, -0.1) is 0 Å². The van der Waals surface area contributed by atoms with Gasteiger partial charge in [-0.1, -0.05) is 44.2 Å². The third-order valence-electron chi connectivity index (χ3n) is 3.59. The van der Waals surface area contributed by atoms with Crippen LogP contribution >= 0.6 is 0 Å². The molecule has 1 aromatic rings. The molecule has 0 bridgehead atoms. The molecule has 0 aliphatic carbocycles. The summed E-state index contributed by atoms with van der Waals surface area (Å²) in [5.74, 6) is 1.70. The zero-order chi connectivity index (χ0) is 10.7. The maximum Gasteiger partial charge on any atom is 0.0322 e. The van der Waals surface area contributed by atoms with Crippen molar-refractivity contribution in [1.29, 1.82) is 0 Å². The Bertz CT molecular complexity index is 291. The quantitative estimate of drug-likeness (QED) is 0.777. The number of hydrogen-bond donors (Lipinski definition) is 1. The van der Waals surface area contributed by atoms with Gasteiger partial charge in [-0.05, 0) is 36.8 Å². The number of rotatable bonds is 2. The van der Waals surface area contributed by atoms with E-state index in [4.69, 9.17) is 0 Å². The summed E-state index contributed by atoms with van der Waals surface area (Å²) in [5, 5.41) is 3.62. The van der Waals surface area contributed by atoms with Crippen molar-refractivity contribution < 1.29 is 0 Å². The number of hydrogen-bond acceptors (Lipinski definition) is 1. The van der Waals surface area contributed by atoms with E-state index in [2.05, 4.69) is 49.5 Å². The Morgan fingerprint density at radius 3 is 2.60 bits per heavy atom. The molecule has 0 spiro atoms. The molecule has 2 atom stereocenters. The summed E-state index contributed by atoms with van der Waals surface area (Å²) in [6, 6.07) is 11.4. The lowest BCUT2D eigenvalue weighted by atomic mass is 9.82. The van der Waals surface area contributed by atoms with E-state index < -0.39 is 0 Å². The third kappa shape index (κ3) is 2.60. The minimum Gasteiger partial charge on any atom is -0.310 e. The zero-order valence-electron chi connectivity index (χ0n) is 9.74. The van der Waals surface area contributed by atoms with E-state index in [9.17, 15) is 0 Å². The normalized spacial score (nSPS) is 26.9. The number of benzene rings is 1. The van der Waals surface area contributed by atoms with Crippen molar-refractivity contribution in [1.82, 2.24) is 5.32 Å². The average molecular weight is 203 g/mol. The maximum atomic E-state index is 3.62. The van der Waals surface area contributed by atoms with Gasteiger partial charge in [0.15, 0.2) is 0 Å². The first kappa shape index (κ1) is 10.7. The van der Waals surface area contributed by atoms with Gasteiger partial charge in [-0.25, -0.2) is 0 Å². The first-order valence-electron chi connectivity index (χ1n) is 6.05. The molecule has 1 nitrogen and oxygen atoms in total. The molecule has 2 rings (SSSR count). The Balaban J connectivity index is 2.05. The molecule has 1 N–H and O–H groups in total. The van der Waals surface area contributed by atoms with Gasteiger partial charge in [0, 0.05) is 6.04 Å². The van der Waals surface area contributed by atoms with Crippen molar-refractivity contribution in [2.45, 2.75) is 32.7 Å². The maximum absolute atomic E-state index is 3.62. The third-order valence-corrected chi connectivity index (χ3v) is 3.59. The Morgan fingerprint density at radius 2 is 1.93 bits per heavy atom. The summed E-state index contributed by atoms with van der Waals surface area (Å²) >= 11 is 0. The Kier molecular flexibility index (Phi) is 3.42. The molecule has 0 aromatic heterocycles. The van der Waals surface area contributed by atoms with Gasteiger partial charge in [0.2, 0.25) is 0 Å². The van der Waals surface area contributed by atoms with Gasteiger partial charge < -0.3 is 5.32 Å². The summed E-state index contributed by atoms with van der Waals surface area (Å²) < 4.78 is 0. The van der Waals surface area contributed by atoms with Crippen molar-refractivity contribution >= 4 is 0 Å². The molecule has 1 saturated heterocycles. The van der Waals surface area contributed by atoms with E-state index in [1.807, 2.05) is 0 Å². The SMILES string of the molecule is CC(C)C1CCN[C@H](c2ccccc2)C1. The fraction of sp³-hybridized carbons (Fsp3) is 0.571. The fourth-order valence-electron chi connectivity index (χ4n) is 2.49. The van der Waals surface area contributed by atoms with Crippen LogP contribution in [0.1, 0.15) is 38.3 Å². The lowest BCUT2D eigenvalue weighted by Crippen LogP contribution is -2.33. The topological polar surface area (TPSA) is 12.0 Å². The Labute approximate surface area is 92.9 Å². The second-order valence-electron chi connectivity index (χ2n) is 4.95. The lowest BCUT2D eigenvalue weighted by Gasteiger charge is -2.33. The van der Waals surface area contributed by atoms with Crippen LogP contribution in [-0.2, 0) is 0 Å². The molecule has 1 aliphatic heterocycles. The summed E-state index contributed by atoms with van der Waals surface area (Å²) in [6.45, 7) is 5.86. The highest BCUT2D eigenvalue weighted by atomic mass is 14.9. The number of nitrogens with one attached hydrogen (secondary N) is 1. The molecule has 1 heterocycles. The van der Waals surface area contributed by atoms with Crippen LogP contribution in [0.25, 0.3) is 0 Å². The van der Waals surface area contributed by atoms with Gasteiger partial charge >= 0.3 is 0 Å². The van der Waals surface area contributed by atoms with Crippen LogP contribution in [0.2, 0.25) is 0 Å². The molecular weight excluding hydrogens is 182 g/mol. The van der Waals surface area contributed by atoms with Crippen LogP contribution in [0.5, 0.6) is 0 Å². The second kappa shape index (κ2) is 4.80. The monoisotopic (exact) mass is 203 g/mol. The molecule has 0 radical (unpaired) electrons. The second-order valence-corrected chi connectivity index (χ2v) is 4.95. The molecule has 15 heavy (non-hydrogen) atoms. The zero-order valence-corrected chi connectivity index (χ0v) is 9.74. The van der Waals surface area contributed by atoms with Crippen molar-refractivity contribution in [2.75, 3.05) is 6.54 Å². The molecule has 0 saturated carbocycles. The standard InChI is InChI=1S/C14H21N/c1-11(2)13-8-9-15-14(10-13)12-6-4-3-5-7-12/h3-7,11,13-15H,8-10H2,1-2H3/t13?,14-/m0/s1. The van der Waals surface area contributed by atoms with Crippen molar-refractivity contribution in [3.63, 3.8) is 0 Å². The Morgan fingerprint density at radius 1 is 1.20 bits per heavy atom. The molecular formula is C14H21N. The van der Waals surface area contributed by atoms with Crippen molar-refractivity contribution in [2.24, 2.45) is 11.8 Å². The van der Waals surface area contributed by atoms with E-state index in [0.717, 1.165) is 11.8 Å². The number of piperidine rings is 1. The summed E-state index contributed by atoms with van der Waals surface area (Å²) in [7, 11) is 0. The van der Waals surface area contributed by atoms with E-state index in [1.54, 1.807) is 0 Å². The van der Waals surface area contributed by atoms with Crippen molar-refractivity contribution in [3.8, 4) is 0 Å². The first-order valence-corrected chi connectivity index (χ1v) is 6.05. The molecule has 0 amide bonds. The van der Waals surface area contributed by atoms with E-state index in [0.29, 0.717) is 6.04 Å². The van der Waals surface area contributed by atoms with E-state index in [-0.39, 0.29) is 0 Å². The van der Waals surface area contributed by atoms with Crippen LogP contribution in [0, 0.1) is 11.8 Å². The van der Waals surface area contributed by atoms with Crippen molar-refractivity contribution in [3.05, 3.63) is 35.9 Å². The van der Waals surface area contributed by atoms with Gasteiger partial charge in [0.05, 0.1) is 0 Å². The van der Waals surface area contributed by atoms with Crippen LogP contribution in [0.15, 0.2) is 30.3 Å². The van der Waals surface area contributed by atoms with Crippen LogP contribution in [0.3, 0.4) is 0 Å². The summed E-state index contributed by atoms with van der Waals surface area (Å²) in [4.78, 5) is 0. The van der Waals surface area contributed by atoms with Gasteiger partial charge in [0.1, 0.15) is 0 Å². The predicted molar refractivity (Wildman–Crippen MR) is 64.7 cm³/mol. The molecule has 1 aliphatic rings. The average Bonchev–Trinajstić information content (AvgIpc) is 2.30. The minimum absolute atomic E-state index is 0.576. The first-order chi connectivity index (χ1) is 7.27. The molecule has 1 aromatic carbocycles. The highest BCUT2D eigenvalue weighted by molar-refractivity contribution is 5.19. The molecule has 1 heteroatoms. The van der Waals surface area contributed by atoms with Crippen LogP contribution in [0.4, 0.5) is 0 Å². The minimum atomic E-state index is 0.576. The summed E-state index contributed by atoms with van der Waals surface area (Å²) in [6.07, 6.45) is 2.63. The van der Waals surface area contributed by atoms with Gasteiger partial charge in [-0.3, -0.25) is 0 Å². The van der Waals surface area contributed by atoms with Gasteiger partial charge in [0.25, 0.3) is 0 Å². The van der Waals surface area contributed by atoms with Crippen LogP contribution in [-0.4, -0.2) is 6.54 Å². The fourth-order valence-corrected chi connectivity index (χ4v) is 2.49. The summed E-state index contributed by atoms with van der Waals surface area (Å²) in [5.41, 5.74) is 1.45. The van der Waals surface area contributed by atoms with E-state index >= 15 is 0 Å². The lowest BCUT2D eigenvalue weighted by molar-refractivity contribution is 0.245. The molecule has 1 fully saturated rings. The van der Waals surface area contributed by atoms with E-state index in [1.165, 1.54) is 24.9 Å². The predicted octanol–water partition coefficient (Wildman–Crippen LogP) is 3.38.